The van der Waals surface area contributed by atoms with Crippen molar-refractivity contribution >= 4 is 34.5 Å². The van der Waals surface area contributed by atoms with Gasteiger partial charge in [0.15, 0.2) is 0 Å². The van der Waals surface area contributed by atoms with Crippen molar-refractivity contribution in [2.45, 2.75) is 38.9 Å². The molecular weight excluding hydrogens is 419 g/mol. The van der Waals surface area contributed by atoms with Crippen LogP contribution in [0.5, 0.6) is 0 Å². The number of hydrogen-bond donors (Lipinski definition) is 0. The first-order valence-electron chi connectivity index (χ1n) is 14.3. The van der Waals surface area contributed by atoms with Gasteiger partial charge in [-0.05, 0) is 67.5 Å². The lowest BCUT2D eigenvalue weighted by Crippen LogP contribution is -2.41. The lowest BCUT2D eigenvalue weighted by atomic mass is 9.79. The van der Waals surface area contributed by atoms with Gasteiger partial charge in [-0.2, -0.15) is 0 Å². The average Bonchev–Trinajstić information content (AvgIpc) is 3.41. The molecule has 1 fully saturated rings. The molecule has 4 aromatic carbocycles. The van der Waals surface area contributed by atoms with Gasteiger partial charge in [0.05, 0.1) is 19.4 Å². The zero-order valence-corrected chi connectivity index (χ0v) is 19.5. The van der Waals surface area contributed by atoms with Crippen LogP contribution < -0.4 is 5.46 Å². The van der Waals surface area contributed by atoms with E-state index in [0.29, 0.717) is 11.1 Å². The van der Waals surface area contributed by atoms with E-state index in [0.717, 1.165) is 11.1 Å². The van der Waals surface area contributed by atoms with Crippen LogP contribution in [-0.4, -0.2) is 18.3 Å². The summed E-state index contributed by atoms with van der Waals surface area (Å²) >= 11 is 0. The standard InChI is InChI=1S/C30H27BO3/c1-29(2)30(3,4)34-31(33-29)23-17-18-25-27(19-23)32-26-12-8-11-24(28(25)26)22-15-13-21(14-16-22)20-9-6-5-7-10-20/h5-19H,1-4H3/i8D,11D,12D,17D,18D,19D. The number of benzene rings is 4. The highest BCUT2D eigenvalue weighted by molar-refractivity contribution is 6.62. The Balaban J connectivity index is 1.61. The average molecular weight is 452 g/mol. The Kier molecular flexibility index (Phi) is 3.47. The monoisotopic (exact) mass is 452 g/mol. The second-order valence-electron chi connectivity index (χ2n) is 9.58. The summed E-state index contributed by atoms with van der Waals surface area (Å²) in [5, 5.41) is 0.440. The molecule has 0 saturated carbocycles. The molecule has 5 aromatic rings. The molecule has 0 N–H and O–H groups in total. The zero-order chi connectivity index (χ0) is 28.7. The first-order chi connectivity index (χ1) is 18.8. The summed E-state index contributed by atoms with van der Waals surface area (Å²) in [6, 6.07) is 15.9. The van der Waals surface area contributed by atoms with E-state index < -0.39 is 18.3 Å². The molecule has 0 amide bonds. The van der Waals surface area contributed by atoms with Gasteiger partial charge in [0.2, 0.25) is 0 Å². The second-order valence-corrected chi connectivity index (χ2v) is 9.58. The van der Waals surface area contributed by atoms with Crippen LogP contribution in [0.3, 0.4) is 0 Å². The fraction of sp³-hybridized carbons (Fsp3) is 0.200. The first-order valence-corrected chi connectivity index (χ1v) is 11.3. The zero-order valence-electron chi connectivity index (χ0n) is 25.5. The molecule has 0 aliphatic carbocycles. The van der Waals surface area contributed by atoms with Crippen LogP contribution >= 0.6 is 0 Å². The minimum Gasteiger partial charge on any atom is -0.456 e. The van der Waals surface area contributed by atoms with Crippen LogP contribution in [0, 0.1) is 0 Å². The van der Waals surface area contributed by atoms with Crippen molar-refractivity contribution in [3.8, 4) is 22.3 Å². The number of furan rings is 1. The Hall–Kier alpha value is -3.34. The van der Waals surface area contributed by atoms with Gasteiger partial charge >= 0.3 is 7.12 Å². The molecule has 6 rings (SSSR count). The van der Waals surface area contributed by atoms with Crippen LogP contribution in [-0.2, 0) is 9.31 Å². The van der Waals surface area contributed by atoms with Crippen molar-refractivity contribution in [3.63, 3.8) is 0 Å². The minimum absolute atomic E-state index is 0.00127. The molecule has 0 unspecified atom stereocenters. The molecule has 1 aliphatic rings. The summed E-state index contributed by atoms with van der Waals surface area (Å²) < 4.78 is 70.9. The largest absolute Gasteiger partial charge is 0.494 e. The third-order valence-electron chi connectivity index (χ3n) is 6.86. The summed E-state index contributed by atoms with van der Waals surface area (Å²) in [4.78, 5) is 0. The number of rotatable bonds is 3. The predicted molar refractivity (Wildman–Crippen MR) is 140 cm³/mol. The van der Waals surface area contributed by atoms with Gasteiger partial charge in [0, 0.05) is 10.8 Å². The normalized spacial score (nSPS) is 19.5. The van der Waals surface area contributed by atoms with Gasteiger partial charge in [-0.25, -0.2) is 0 Å². The smallest absolute Gasteiger partial charge is 0.456 e. The maximum atomic E-state index is 9.00. The van der Waals surface area contributed by atoms with Gasteiger partial charge in [-0.3, -0.25) is 0 Å². The Morgan fingerprint density at radius 3 is 2.06 bits per heavy atom. The quantitative estimate of drug-likeness (QED) is 0.271. The minimum atomic E-state index is -1.05. The predicted octanol–water partition coefficient (Wildman–Crippen LogP) is 7.22. The molecule has 0 spiro atoms. The third kappa shape index (κ3) is 3.37. The van der Waals surface area contributed by atoms with Crippen LogP contribution in [0.1, 0.15) is 35.9 Å². The molecule has 3 nitrogen and oxygen atoms in total. The highest BCUT2D eigenvalue weighted by atomic mass is 16.7. The van der Waals surface area contributed by atoms with Gasteiger partial charge in [0.25, 0.3) is 0 Å². The molecular formula is C30H27BO3. The van der Waals surface area contributed by atoms with E-state index in [1.54, 1.807) is 0 Å². The molecule has 0 radical (unpaired) electrons. The summed E-state index contributed by atoms with van der Waals surface area (Å²) in [6.45, 7) is 7.48. The van der Waals surface area contributed by atoms with Crippen molar-refractivity contribution in [1.29, 1.82) is 0 Å². The fourth-order valence-corrected chi connectivity index (χ4v) is 4.22. The topological polar surface area (TPSA) is 31.6 Å². The Morgan fingerprint density at radius 1 is 0.706 bits per heavy atom. The Morgan fingerprint density at radius 2 is 1.35 bits per heavy atom. The molecule has 2 heterocycles. The summed E-state index contributed by atoms with van der Waals surface area (Å²) in [5.74, 6) is 0. The number of fused-ring (bicyclic) bond motifs is 3. The van der Waals surface area contributed by atoms with Crippen molar-refractivity contribution < 1.29 is 22.0 Å². The Labute approximate surface area is 208 Å². The van der Waals surface area contributed by atoms with Crippen molar-refractivity contribution in [2.24, 2.45) is 0 Å². The highest BCUT2D eigenvalue weighted by Gasteiger charge is 2.51. The van der Waals surface area contributed by atoms with Gasteiger partial charge < -0.3 is 13.7 Å². The maximum absolute atomic E-state index is 9.00. The van der Waals surface area contributed by atoms with Gasteiger partial charge in [-0.15, -0.1) is 0 Å². The molecule has 1 saturated heterocycles. The van der Waals surface area contributed by atoms with E-state index in [-0.39, 0.29) is 63.7 Å². The third-order valence-corrected chi connectivity index (χ3v) is 6.86. The SMILES string of the molecule is [2H]c1c([2H])c(-c2ccc(-c3ccccc3)cc2)c2c(oc3c([2H])c(B4OC(C)(C)C(C)(C)O4)c([2H])c([2H])c32)c1[2H]. The summed E-state index contributed by atoms with van der Waals surface area (Å²) in [6.07, 6.45) is 0. The van der Waals surface area contributed by atoms with Crippen LogP contribution in [0.2, 0.25) is 0 Å². The van der Waals surface area contributed by atoms with E-state index in [1.807, 2.05) is 82.3 Å². The van der Waals surface area contributed by atoms with E-state index in [9.17, 15) is 0 Å². The van der Waals surface area contributed by atoms with Crippen LogP contribution in [0.4, 0.5) is 0 Å². The lowest BCUT2D eigenvalue weighted by Gasteiger charge is -2.32. The first kappa shape index (κ1) is 15.5. The maximum Gasteiger partial charge on any atom is 0.494 e. The number of hydrogen-bond acceptors (Lipinski definition) is 3. The molecule has 34 heavy (non-hydrogen) atoms. The van der Waals surface area contributed by atoms with E-state index >= 15 is 0 Å². The van der Waals surface area contributed by atoms with Crippen molar-refractivity contribution in [3.05, 3.63) is 90.9 Å². The molecule has 0 atom stereocenters. The molecule has 0 bridgehead atoms. The molecule has 168 valence electrons. The fourth-order valence-electron chi connectivity index (χ4n) is 4.22. The van der Waals surface area contributed by atoms with Crippen molar-refractivity contribution in [1.82, 2.24) is 0 Å². The summed E-state index contributed by atoms with van der Waals surface area (Å²) in [5.41, 5.74) is 1.60. The molecule has 1 aromatic heterocycles. The van der Waals surface area contributed by atoms with Crippen molar-refractivity contribution in [2.75, 3.05) is 0 Å². The van der Waals surface area contributed by atoms with E-state index in [2.05, 4.69) is 0 Å². The lowest BCUT2D eigenvalue weighted by molar-refractivity contribution is 0.00578. The van der Waals surface area contributed by atoms with E-state index in [1.165, 1.54) is 0 Å². The highest BCUT2D eigenvalue weighted by Crippen LogP contribution is 2.39. The molecule has 4 heteroatoms. The van der Waals surface area contributed by atoms with Crippen LogP contribution in [0.15, 0.2) is 95.3 Å². The second kappa shape index (κ2) is 7.59. The van der Waals surface area contributed by atoms with Crippen LogP contribution in [0.25, 0.3) is 44.2 Å². The summed E-state index contributed by atoms with van der Waals surface area (Å²) in [7, 11) is -1.05. The molecule has 1 aliphatic heterocycles. The Bertz CT molecular complexity index is 1800. The van der Waals surface area contributed by atoms with Gasteiger partial charge in [-0.1, -0.05) is 78.8 Å². The van der Waals surface area contributed by atoms with Gasteiger partial charge in [0.1, 0.15) is 11.2 Å². The van der Waals surface area contributed by atoms with E-state index in [4.69, 9.17) is 22.0 Å².